The molecule has 110 valence electrons. The highest BCUT2D eigenvalue weighted by Crippen LogP contribution is 2.34. The maximum Gasteiger partial charge on any atom is 0.416 e. The summed E-state index contributed by atoms with van der Waals surface area (Å²) in [6, 6.07) is 2.83. The van der Waals surface area contributed by atoms with Gasteiger partial charge in [-0.1, -0.05) is 11.6 Å². The zero-order valence-corrected chi connectivity index (χ0v) is 11.6. The Labute approximate surface area is 119 Å². The second-order valence-corrected chi connectivity index (χ2v) is 4.57. The Morgan fingerprint density at radius 1 is 1.30 bits per heavy atom. The van der Waals surface area contributed by atoms with E-state index in [-0.39, 0.29) is 16.5 Å². The molecule has 0 aromatic heterocycles. The lowest BCUT2D eigenvalue weighted by atomic mass is 10.2. The molecule has 0 fully saturated rings. The van der Waals surface area contributed by atoms with E-state index < -0.39 is 11.7 Å². The second kappa shape index (κ2) is 6.04. The summed E-state index contributed by atoms with van der Waals surface area (Å²) in [6.07, 6.45) is -3.07. The predicted molar refractivity (Wildman–Crippen MR) is 73.7 cm³/mol. The Bertz CT molecular complexity index is 550. The van der Waals surface area contributed by atoms with Crippen LogP contribution in [0.1, 0.15) is 5.56 Å². The van der Waals surface area contributed by atoms with Crippen LogP contribution >= 0.6 is 11.6 Å². The topological polar surface area (TPSA) is 67.6 Å². The highest BCUT2D eigenvalue weighted by Gasteiger charge is 2.30. The van der Waals surface area contributed by atoms with Gasteiger partial charge in [0.25, 0.3) is 0 Å². The van der Waals surface area contributed by atoms with Gasteiger partial charge in [0.05, 0.1) is 16.3 Å². The second-order valence-electron chi connectivity index (χ2n) is 4.16. The molecule has 0 radical (unpaired) electrons. The zero-order chi connectivity index (χ0) is 15.5. The van der Waals surface area contributed by atoms with Crippen LogP contribution in [0.4, 0.5) is 18.9 Å². The van der Waals surface area contributed by atoms with Crippen LogP contribution in [-0.4, -0.2) is 24.8 Å². The van der Waals surface area contributed by atoms with Gasteiger partial charge in [-0.3, -0.25) is 0 Å². The number of alkyl halides is 3. The molecular formula is C12H14ClF3N4. The molecule has 0 saturated carbocycles. The van der Waals surface area contributed by atoms with Crippen LogP contribution in [0.5, 0.6) is 0 Å². The first-order valence-electron chi connectivity index (χ1n) is 5.46. The lowest BCUT2D eigenvalue weighted by Crippen LogP contribution is -2.21. The van der Waals surface area contributed by atoms with E-state index in [2.05, 4.69) is 4.99 Å². The fourth-order valence-corrected chi connectivity index (χ4v) is 1.45. The molecule has 8 heteroatoms. The lowest BCUT2D eigenvalue weighted by molar-refractivity contribution is -0.137. The van der Waals surface area contributed by atoms with E-state index in [4.69, 9.17) is 23.1 Å². The molecule has 0 aliphatic heterocycles. The van der Waals surface area contributed by atoms with Crippen molar-refractivity contribution in [1.29, 1.82) is 0 Å². The molecule has 0 heterocycles. The van der Waals surface area contributed by atoms with Gasteiger partial charge in [-0.15, -0.1) is 0 Å². The van der Waals surface area contributed by atoms with Gasteiger partial charge >= 0.3 is 6.18 Å². The Balaban J connectivity index is 3.08. The van der Waals surface area contributed by atoms with Gasteiger partial charge in [0.2, 0.25) is 0 Å². The van der Waals surface area contributed by atoms with E-state index in [1.54, 1.807) is 19.0 Å². The van der Waals surface area contributed by atoms with Gasteiger partial charge in [0.1, 0.15) is 11.7 Å². The third kappa shape index (κ3) is 4.34. The lowest BCUT2D eigenvalue weighted by Gasteiger charge is -2.11. The molecule has 1 rings (SSSR count). The fourth-order valence-electron chi connectivity index (χ4n) is 1.23. The summed E-state index contributed by atoms with van der Waals surface area (Å²) in [5.41, 5.74) is 10.6. The van der Waals surface area contributed by atoms with Crippen LogP contribution < -0.4 is 11.5 Å². The molecule has 1 aromatic rings. The Hall–Kier alpha value is -1.89. The molecule has 0 bridgehead atoms. The van der Waals surface area contributed by atoms with Crippen LogP contribution in [0, 0.1) is 0 Å². The van der Waals surface area contributed by atoms with E-state index in [1.807, 2.05) is 0 Å². The maximum atomic E-state index is 12.5. The molecule has 1 aromatic carbocycles. The summed E-state index contributed by atoms with van der Waals surface area (Å²) in [4.78, 5) is 5.52. The smallest absolute Gasteiger partial charge is 0.385 e. The van der Waals surface area contributed by atoms with Crippen molar-refractivity contribution in [3.8, 4) is 0 Å². The monoisotopic (exact) mass is 306 g/mol. The van der Waals surface area contributed by atoms with Crippen molar-refractivity contribution < 1.29 is 13.2 Å². The van der Waals surface area contributed by atoms with Crippen LogP contribution in [0.25, 0.3) is 0 Å². The summed E-state index contributed by atoms with van der Waals surface area (Å²) in [6.45, 7) is 0. The number of aliphatic imine (C=N–C) groups is 1. The number of rotatable bonds is 3. The summed E-state index contributed by atoms with van der Waals surface area (Å²) >= 11 is 5.75. The summed E-state index contributed by atoms with van der Waals surface area (Å²) in [5.74, 6) is 0.396. The predicted octanol–water partition coefficient (Wildman–Crippen LogP) is 2.71. The van der Waals surface area contributed by atoms with Crippen LogP contribution in [0.15, 0.2) is 35.1 Å². The molecule has 0 spiro atoms. The van der Waals surface area contributed by atoms with Gasteiger partial charge in [-0.05, 0) is 18.2 Å². The van der Waals surface area contributed by atoms with Gasteiger partial charge in [-0.25, -0.2) is 4.99 Å². The van der Waals surface area contributed by atoms with Crippen molar-refractivity contribution >= 4 is 23.1 Å². The third-order valence-corrected chi connectivity index (χ3v) is 2.64. The minimum Gasteiger partial charge on any atom is -0.385 e. The van der Waals surface area contributed by atoms with E-state index >= 15 is 0 Å². The zero-order valence-electron chi connectivity index (χ0n) is 10.9. The quantitative estimate of drug-likeness (QED) is 0.666. The first-order valence-corrected chi connectivity index (χ1v) is 5.84. The molecule has 0 atom stereocenters. The number of halogens is 4. The minimum absolute atomic E-state index is 0.0397. The van der Waals surface area contributed by atoms with Crippen molar-refractivity contribution in [3.05, 3.63) is 40.7 Å². The van der Waals surface area contributed by atoms with E-state index in [1.165, 1.54) is 6.08 Å². The average molecular weight is 307 g/mol. The molecule has 20 heavy (non-hydrogen) atoms. The van der Waals surface area contributed by atoms with Crippen molar-refractivity contribution in [3.63, 3.8) is 0 Å². The van der Waals surface area contributed by atoms with Crippen LogP contribution in [0.2, 0.25) is 5.02 Å². The summed E-state index contributed by atoms with van der Waals surface area (Å²) < 4.78 is 37.4. The average Bonchev–Trinajstić information content (AvgIpc) is 2.30. The van der Waals surface area contributed by atoms with Crippen molar-refractivity contribution in [2.24, 2.45) is 16.5 Å². The normalized spacial score (nSPS) is 13.5. The van der Waals surface area contributed by atoms with Gasteiger partial charge in [-0.2, -0.15) is 13.2 Å². The first-order chi connectivity index (χ1) is 9.11. The third-order valence-electron chi connectivity index (χ3n) is 2.34. The highest BCUT2D eigenvalue weighted by molar-refractivity contribution is 6.33. The van der Waals surface area contributed by atoms with Gasteiger partial charge in [0, 0.05) is 20.2 Å². The first kappa shape index (κ1) is 16.2. The van der Waals surface area contributed by atoms with Crippen molar-refractivity contribution in [2.45, 2.75) is 6.18 Å². The van der Waals surface area contributed by atoms with Crippen LogP contribution in [0.3, 0.4) is 0 Å². The highest BCUT2D eigenvalue weighted by atomic mass is 35.5. The Morgan fingerprint density at radius 2 is 1.90 bits per heavy atom. The number of nitrogens with zero attached hydrogens (tertiary/aromatic N) is 2. The van der Waals surface area contributed by atoms with E-state index in [0.29, 0.717) is 5.82 Å². The molecule has 4 N–H and O–H groups in total. The number of nitrogens with two attached hydrogens (primary N) is 2. The van der Waals surface area contributed by atoms with E-state index in [0.717, 1.165) is 18.2 Å². The largest absolute Gasteiger partial charge is 0.416 e. The van der Waals surface area contributed by atoms with Crippen molar-refractivity contribution in [2.75, 3.05) is 14.1 Å². The number of benzene rings is 1. The molecular weight excluding hydrogens is 293 g/mol. The molecule has 0 amide bonds. The number of hydrogen-bond acceptors (Lipinski definition) is 3. The molecule has 0 aliphatic carbocycles. The van der Waals surface area contributed by atoms with Crippen LogP contribution in [-0.2, 0) is 6.18 Å². The number of amidine groups is 1. The fraction of sp³-hybridized carbons (Fsp3) is 0.250. The van der Waals surface area contributed by atoms with Gasteiger partial charge < -0.3 is 16.4 Å². The maximum absolute atomic E-state index is 12.5. The SMILES string of the molecule is CN(C)C(N)=CC(N)=Nc1ccc(C(F)(F)F)cc1Cl. The Morgan fingerprint density at radius 3 is 2.35 bits per heavy atom. The Kier molecular flexibility index (Phi) is 4.88. The molecule has 4 nitrogen and oxygen atoms in total. The van der Waals surface area contributed by atoms with E-state index in [9.17, 15) is 13.2 Å². The van der Waals surface area contributed by atoms with Crippen molar-refractivity contribution in [1.82, 2.24) is 4.90 Å². The number of hydrogen-bond donors (Lipinski definition) is 2. The summed E-state index contributed by atoms with van der Waals surface area (Å²) in [7, 11) is 3.43. The minimum atomic E-state index is -4.45. The summed E-state index contributed by atoms with van der Waals surface area (Å²) in [5, 5.41) is -0.139. The molecule has 0 aliphatic rings. The molecule has 0 unspecified atom stereocenters. The van der Waals surface area contributed by atoms with Gasteiger partial charge in [0.15, 0.2) is 0 Å². The standard InChI is InChI=1S/C12H14ClF3N4/c1-20(2)11(18)6-10(17)19-9-4-3-7(5-8(9)13)12(14,15)16/h3-6H,18H2,1-2H3,(H2,17,19). The molecule has 0 saturated heterocycles.